The summed E-state index contributed by atoms with van der Waals surface area (Å²) in [5, 5.41) is 9.75. The lowest BCUT2D eigenvalue weighted by molar-refractivity contribution is 0.0691. The molecule has 0 aliphatic heterocycles. The SMILES string of the molecule is O=C(O)c1cc(F)cnc1Sc1ccc(Br)cn1. The van der Waals surface area contributed by atoms with Crippen molar-refractivity contribution in [3.05, 3.63) is 46.4 Å². The van der Waals surface area contributed by atoms with Gasteiger partial charge in [-0.1, -0.05) is 0 Å². The minimum absolute atomic E-state index is 0.176. The van der Waals surface area contributed by atoms with Gasteiger partial charge in [0.25, 0.3) is 0 Å². The average molecular weight is 329 g/mol. The molecular weight excluding hydrogens is 323 g/mol. The van der Waals surface area contributed by atoms with Crippen LogP contribution in [0.15, 0.2) is 45.1 Å². The van der Waals surface area contributed by atoms with Gasteiger partial charge in [0.1, 0.15) is 15.9 Å². The normalized spacial score (nSPS) is 10.3. The number of aromatic carboxylic acids is 1. The van der Waals surface area contributed by atoms with Crippen molar-refractivity contribution in [2.45, 2.75) is 10.1 Å². The Labute approximate surface area is 114 Å². The van der Waals surface area contributed by atoms with Crippen LogP contribution in [-0.4, -0.2) is 21.0 Å². The number of nitrogens with zero attached hydrogens (tertiary/aromatic N) is 2. The molecule has 0 unspecified atom stereocenters. The second-order valence-corrected chi connectivity index (χ2v) is 5.15. The van der Waals surface area contributed by atoms with E-state index in [0.717, 1.165) is 28.5 Å². The first-order valence-electron chi connectivity index (χ1n) is 4.74. The van der Waals surface area contributed by atoms with Gasteiger partial charge in [0, 0.05) is 10.7 Å². The Hall–Kier alpha value is -1.47. The van der Waals surface area contributed by atoms with E-state index in [4.69, 9.17) is 5.11 Å². The van der Waals surface area contributed by atoms with Crippen molar-refractivity contribution in [2.75, 3.05) is 0 Å². The van der Waals surface area contributed by atoms with Gasteiger partial charge in [-0.25, -0.2) is 19.2 Å². The number of hydrogen-bond donors (Lipinski definition) is 1. The van der Waals surface area contributed by atoms with E-state index in [1.165, 1.54) is 0 Å². The Morgan fingerprint density at radius 3 is 2.72 bits per heavy atom. The van der Waals surface area contributed by atoms with Gasteiger partial charge in [0.05, 0.1) is 11.8 Å². The van der Waals surface area contributed by atoms with Gasteiger partial charge in [0.2, 0.25) is 0 Å². The Kier molecular flexibility index (Phi) is 3.93. The third-order valence-electron chi connectivity index (χ3n) is 1.95. The maximum absolute atomic E-state index is 12.9. The van der Waals surface area contributed by atoms with Crippen molar-refractivity contribution in [2.24, 2.45) is 0 Å². The molecule has 0 saturated heterocycles. The van der Waals surface area contributed by atoms with E-state index in [2.05, 4.69) is 25.9 Å². The number of carbonyl (C=O) groups is 1. The van der Waals surface area contributed by atoms with E-state index >= 15 is 0 Å². The average Bonchev–Trinajstić information content (AvgIpc) is 2.34. The molecule has 18 heavy (non-hydrogen) atoms. The number of halogens is 2. The third kappa shape index (κ3) is 3.05. The van der Waals surface area contributed by atoms with Crippen LogP contribution in [0.2, 0.25) is 0 Å². The molecule has 0 spiro atoms. The van der Waals surface area contributed by atoms with Crippen molar-refractivity contribution in [1.29, 1.82) is 0 Å². The van der Waals surface area contributed by atoms with Crippen molar-refractivity contribution < 1.29 is 14.3 Å². The predicted molar refractivity (Wildman–Crippen MR) is 67.2 cm³/mol. The maximum atomic E-state index is 12.9. The molecule has 92 valence electrons. The van der Waals surface area contributed by atoms with Gasteiger partial charge in [0.15, 0.2) is 0 Å². The van der Waals surface area contributed by atoms with Gasteiger partial charge < -0.3 is 5.11 Å². The van der Waals surface area contributed by atoms with Crippen LogP contribution in [0.4, 0.5) is 4.39 Å². The molecule has 0 amide bonds. The van der Waals surface area contributed by atoms with Crippen molar-refractivity contribution in [1.82, 2.24) is 9.97 Å². The van der Waals surface area contributed by atoms with Crippen molar-refractivity contribution in [3.63, 3.8) is 0 Å². The minimum Gasteiger partial charge on any atom is -0.478 e. The zero-order chi connectivity index (χ0) is 13.1. The second kappa shape index (κ2) is 5.45. The Morgan fingerprint density at radius 2 is 2.11 bits per heavy atom. The number of hydrogen-bond acceptors (Lipinski definition) is 4. The highest BCUT2D eigenvalue weighted by Crippen LogP contribution is 2.28. The largest absolute Gasteiger partial charge is 0.478 e. The lowest BCUT2D eigenvalue weighted by atomic mass is 10.3. The summed E-state index contributed by atoms with van der Waals surface area (Å²) >= 11 is 4.32. The molecule has 4 nitrogen and oxygen atoms in total. The van der Waals surface area contributed by atoms with Crippen LogP contribution in [0, 0.1) is 5.82 Å². The molecule has 0 aromatic carbocycles. The quantitative estimate of drug-likeness (QED) is 0.937. The number of pyridine rings is 2. The van der Waals surface area contributed by atoms with E-state index in [-0.39, 0.29) is 10.6 Å². The number of rotatable bonds is 3. The standard InChI is InChI=1S/C11H6BrFN2O2S/c12-6-1-2-9(14-4-6)18-10-8(11(16)17)3-7(13)5-15-10/h1-5H,(H,16,17). The lowest BCUT2D eigenvalue weighted by Gasteiger charge is -2.04. The minimum atomic E-state index is -1.22. The van der Waals surface area contributed by atoms with E-state index in [9.17, 15) is 9.18 Å². The zero-order valence-corrected chi connectivity index (χ0v) is 11.2. The molecular formula is C11H6BrFN2O2S. The topological polar surface area (TPSA) is 63.1 Å². The molecule has 7 heteroatoms. The van der Waals surface area contributed by atoms with Crippen LogP contribution in [-0.2, 0) is 0 Å². The molecule has 0 aliphatic carbocycles. The highest BCUT2D eigenvalue weighted by atomic mass is 79.9. The van der Waals surface area contributed by atoms with Gasteiger partial charge in [-0.15, -0.1) is 0 Å². The van der Waals surface area contributed by atoms with Crippen LogP contribution in [0.1, 0.15) is 10.4 Å². The summed E-state index contributed by atoms with van der Waals surface area (Å²) in [6.45, 7) is 0. The Bertz CT molecular complexity index is 592. The van der Waals surface area contributed by atoms with Gasteiger partial charge >= 0.3 is 5.97 Å². The lowest BCUT2D eigenvalue weighted by Crippen LogP contribution is -2.02. The second-order valence-electron chi connectivity index (χ2n) is 3.23. The van der Waals surface area contributed by atoms with E-state index in [1.54, 1.807) is 18.3 Å². The molecule has 0 aliphatic rings. The van der Waals surface area contributed by atoms with Crippen LogP contribution in [0.5, 0.6) is 0 Å². The molecule has 1 N–H and O–H groups in total. The monoisotopic (exact) mass is 328 g/mol. The Balaban J connectivity index is 2.34. The molecule has 2 aromatic rings. The number of aromatic nitrogens is 2. The highest BCUT2D eigenvalue weighted by Gasteiger charge is 2.14. The Morgan fingerprint density at radius 1 is 1.33 bits per heavy atom. The van der Waals surface area contributed by atoms with Crippen LogP contribution >= 0.6 is 27.7 Å². The van der Waals surface area contributed by atoms with Gasteiger partial charge in [-0.05, 0) is 45.9 Å². The smallest absolute Gasteiger partial charge is 0.338 e. The molecule has 0 fully saturated rings. The number of carboxylic acids is 1. The molecule has 0 saturated carbocycles. The number of carboxylic acid groups (broad SMARTS) is 1. The molecule has 0 atom stereocenters. The molecule has 2 aromatic heterocycles. The van der Waals surface area contributed by atoms with E-state index in [0.29, 0.717) is 5.03 Å². The molecule has 0 bridgehead atoms. The van der Waals surface area contributed by atoms with Gasteiger partial charge in [-0.2, -0.15) is 0 Å². The van der Waals surface area contributed by atoms with Crippen LogP contribution in [0.25, 0.3) is 0 Å². The summed E-state index contributed by atoms with van der Waals surface area (Å²) in [5.74, 6) is -1.90. The first kappa shape index (κ1) is 13.0. The summed E-state index contributed by atoms with van der Waals surface area (Å²) in [4.78, 5) is 18.8. The fourth-order valence-electron chi connectivity index (χ4n) is 1.18. The third-order valence-corrected chi connectivity index (χ3v) is 3.39. The van der Waals surface area contributed by atoms with E-state index < -0.39 is 11.8 Å². The molecule has 2 rings (SSSR count). The van der Waals surface area contributed by atoms with Gasteiger partial charge in [-0.3, -0.25) is 0 Å². The first-order valence-corrected chi connectivity index (χ1v) is 6.35. The van der Waals surface area contributed by atoms with Crippen LogP contribution in [0.3, 0.4) is 0 Å². The zero-order valence-electron chi connectivity index (χ0n) is 8.80. The fourth-order valence-corrected chi connectivity index (χ4v) is 2.22. The van der Waals surface area contributed by atoms with E-state index in [1.807, 2.05) is 0 Å². The first-order chi connectivity index (χ1) is 8.56. The maximum Gasteiger partial charge on any atom is 0.338 e. The summed E-state index contributed by atoms with van der Waals surface area (Å²) in [6.07, 6.45) is 2.57. The predicted octanol–water partition coefficient (Wildman–Crippen LogP) is 3.23. The summed E-state index contributed by atoms with van der Waals surface area (Å²) in [6, 6.07) is 4.43. The summed E-state index contributed by atoms with van der Waals surface area (Å²) < 4.78 is 13.8. The summed E-state index contributed by atoms with van der Waals surface area (Å²) in [5.41, 5.74) is -0.176. The molecule has 0 radical (unpaired) electrons. The van der Waals surface area contributed by atoms with Crippen molar-refractivity contribution in [3.8, 4) is 0 Å². The molecule has 2 heterocycles. The van der Waals surface area contributed by atoms with Crippen molar-refractivity contribution >= 4 is 33.7 Å². The van der Waals surface area contributed by atoms with Crippen LogP contribution < -0.4 is 0 Å². The highest BCUT2D eigenvalue weighted by molar-refractivity contribution is 9.10. The summed E-state index contributed by atoms with van der Waals surface area (Å²) in [7, 11) is 0. The fraction of sp³-hybridized carbons (Fsp3) is 0.